The second-order valence-corrected chi connectivity index (χ2v) is 9.26. The fraction of sp³-hybridized carbons (Fsp3) is 0.235. The van der Waals surface area contributed by atoms with Crippen molar-refractivity contribution in [2.45, 2.75) is 16.7 Å². The molecule has 1 heterocycles. The molecule has 4 nitrogen and oxygen atoms in total. The molecular weight excluding hydrogens is 366 g/mol. The van der Waals surface area contributed by atoms with Gasteiger partial charge in [0.1, 0.15) is 0 Å². The summed E-state index contributed by atoms with van der Waals surface area (Å²) < 4.78 is 23.6. The van der Waals surface area contributed by atoms with Crippen molar-refractivity contribution in [1.82, 2.24) is 0 Å². The molecule has 0 saturated carbocycles. The van der Waals surface area contributed by atoms with Crippen LogP contribution in [0.2, 0.25) is 5.02 Å². The van der Waals surface area contributed by atoms with E-state index in [1.165, 1.54) is 12.1 Å². The lowest BCUT2D eigenvalue weighted by atomic mass is 10.1. The van der Waals surface area contributed by atoms with Gasteiger partial charge in [-0.05, 0) is 42.8 Å². The number of aryl methyl sites for hydroxylation is 1. The third-order valence-electron chi connectivity index (χ3n) is 3.90. The molecule has 1 aliphatic heterocycles. The first-order valence-corrected chi connectivity index (χ1v) is 10.6. The number of fused-ring (bicyclic) bond motifs is 1. The Morgan fingerprint density at radius 3 is 2.67 bits per heavy atom. The largest absolute Gasteiger partial charge is 0.306 e. The van der Waals surface area contributed by atoms with Crippen LogP contribution in [0.5, 0.6) is 0 Å². The molecule has 2 aromatic carbocycles. The Morgan fingerprint density at radius 2 is 1.96 bits per heavy atom. The van der Waals surface area contributed by atoms with Gasteiger partial charge in [0.05, 0.1) is 10.6 Å². The van der Waals surface area contributed by atoms with Gasteiger partial charge in [-0.15, -0.1) is 11.8 Å². The first-order valence-electron chi connectivity index (χ1n) is 7.32. The molecule has 3 rings (SSSR count). The van der Waals surface area contributed by atoms with Gasteiger partial charge in [0.15, 0.2) is 9.84 Å². The molecule has 0 atom stereocenters. The molecular formula is C17H16ClNO3S2. The van der Waals surface area contributed by atoms with E-state index in [9.17, 15) is 13.2 Å². The normalized spacial score (nSPS) is 14.4. The zero-order valence-corrected chi connectivity index (χ0v) is 15.6. The van der Waals surface area contributed by atoms with Gasteiger partial charge >= 0.3 is 0 Å². The number of carbonyl (C=O) groups is 1. The second-order valence-electron chi connectivity index (χ2n) is 5.67. The van der Waals surface area contributed by atoms with Crippen molar-refractivity contribution in [3.63, 3.8) is 0 Å². The van der Waals surface area contributed by atoms with E-state index >= 15 is 0 Å². The first kappa shape index (κ1) is 17.3. The topological polar surface area (TPSA) is 54.5 Å². The maximum Gasteiger partial charge on any atom is 0.258 e. The number of nitrogens with zero attached hydrogens (tertiary/aromatic N) is 1. The lowest BCUT2D eigenvalue weighted by Gasteiger charge is -2.29. The van der Waals surface area contributed by atoms with Crippen molar-refractivity contribution in [3.8, 4) is 0 Å². The van der Waals surface area contributed by atoms with Crippen LogP contribution < -0.4 is 4.90 Å². The highest BCUT2D eigenvalue weighted by atomic mass is 35.5. The molecule has 0 aromatic heterocycles. The van der Waals surface area contributed by atoms with Crippen LogP contribution in [0, 0.1) is 6.92 Å². The number of carbonyl (C=O) groups excluding carboxylic acids is 1. The molecule has 0 fully saturated rings. The summed E-state index contributed by atoms with van der Waals surface area (Å²) in [6.07, 6.45) is 1.14. The second kappa shape index (κ2) is 6.43. The van der Waals surface area contributed by atoms with Crippen LogP contribution in [0.1, 0.15) is 15.9 Å². The van der Waals surface area contributed by atoms with Gasteiger partial charge in [0, 0.05) is 34.0 Å². The number of anilines is 1. The van der Waals surface area contributed by atoms with Gasteiger partial charge in [-0.2, -0.15) is 0 Å². The summed E-state index contributed by atoms with van der Waals surface area (Å²) in [5.74, 6) is 0.576. The van der Waals surface area contributed by atoms with Gasteiger partial charge in [-0.1, -0.05) is 17.7 Å². The SMILES string of the molecule is Cc1ccc(S(C)(=O)=O)cc1C(=O)N1CCSc2ccc(Cl)cc21. The van der Waals surface area contributed by atoms with E-state index in [2.05, 4.69) is 0 Å². The van der Waals surface area contributed by atoms with E-state index < -0.39 is 9.84 Å². The Bertz CT molecular complexity index is 925. The molecule has 0 saturated heterocycles. The highest BCUT2D eigenvalue weighted by Gasteiger charge is 2.26. The molecule has 0 bridgehead atoms. The summed E-state index contributed by atoms with van der Waals surface area (Å²) in [7, 11) is -3.37. The maximum absolute atomic E-state index is 13.1. The van der Waals surface area contributed by atoms with Crippen LogP contribution in [-0.2, 0) is 9.84 Å². The standard InChI is InChI=1S/C17H16ClNO3S2/c1-11-3-5-13(24(2,21)22)10-14(11)17(20)19-7-8-23-16-6-4-12(18)9-15(16)19/h3-6,9-10H,7-8H2,1-2H3. The highest BCUT2D eigenvalue weighted by Crippen LogP contribution is 2.37. The zero-order valence-electron chi connectivity index (χ0n) is 13.2. The number of amides is 1. The van der Waals surface area contributed by atoms with E-state index in [4.69, 9.17) is 11.6 Å². The molecule has 1 amide bonds. The Balaban J connectivity index is 2.07. The van der Waals surface area contributed by atoms with Crippen LogP contribution in [0.25, 0.3) is 0 Å². The zero-order chi connectivity index (χ0) is 17.5. The molecule has 0 unspecified atom stereocenters. The van der Waals surface area contributed by atoms with Crippen molar-refractivity contribution in [2.75, 3.05) is 23.5 Å². The minimum atomic E-state index is -3.37. The molecule has 1 aliphatic rings. The van der Waals surface area contributed by atoms with Crippen molar-refractivity contribution in [2.24, 2.45) is 0 Å². The summed E-state index contributed by atoms with van der Waals surface area (Å²) in [5.41, 5.74) is 1.91. The number of sulfone groups is 1. The Hall–Kier alpha value is -1.50. The van der Waals surface area contributed by atoms with Gasteiger partial charge in [-0.3, -0.25) is 4.79 Å². The molecule has 0 N–H and O–H groups in total. The number of hydrogen-bond acceptors (Lipinski definition) is 4. The Labute approximate surface area is 150 Å². The summed E-state index contributed by atoms with van der Waals surface area (Å²) in [6, 6.07) is 10.1. The Morgan fingerprint density at radius 1 is 1.21 bits per heavy atom. The van der Waals surface area contributed by atoms with E-state index in [0.29, 0.717) is 17.1 Å². The third kappa shape index (κ3) is 3.31. The molecule has 2 aromatic rings. The maximum atomic E-state index is 13.1. The molecule has 24 heavy (non-hydrogen) atoms. The van der Waals surface area contributed by atoms with Crippen LogP contribution in [-0.4, -0.2) is 32.9 Å². The monoisotopic (exact) mass is 381 g/mol. The number of halogens is 1. The van der Waals surface area contributed by atoms with Crippen molar-refractivity contribution in [1.29, 1.82) is 0 Å². The van der Waals surface area contributed by atoms with E-state index in [1.54, 1.807) is 41.8 Å². The fourth-order valence-electron chi connectivity index (χ4n) is 2.61. The van der Waals surface area contributed by atoms with Crippen molar-refractivity contribution >= 4 is 44.8 Å². The summed E-state index contributed by atoms with van der Waals surface area (Å²) in [5, 5.41) is 0.565. The molecule has 126 valence electrons. The predicted octanol–water partition coefficient (Wildman–Crippen LogP) is 3.80. The molecule has 0 radical (unpaired) electrons. The van der Waals surface area contributed by atoms with Crippen LogP contribution in [0.4, 0.5) is 5.69 Å². The highest BCUT2D eigenvalue weighted by molar-refractivity contribution is 7.99. The van der Waals surface area contributed by atoms with Crippen LogP contribution >= 0.6 is 23.4 Å². The smallest absolute Gasteiger partial charge is 0.258 e. The van der Waals surface area contributed by atoms with Crippen LogP contribution in [0.3, 0.4) is 0 Å². The van der Waals surface area contributed by atoms with Crippen molar-refractivity contribution in [3.05, 3.63) is 52.5 Å². The summed E-state index contributed by atoms with van der Waals surface area (Å²) >= 11 is 7.76. The van der Waals surface area contributed by atoms with E-state index in [1.807, 2.05) is 6.07 Å². The van der Waals surface area contributed by atoms with Gasteiger partial charge in [0.2, 0.25) is 0 Å². The van der Waals surface area contributed by atoms with Gasteiger partial charge < -0.3 is 4.90 Å². The lowest BCUT2D eigenvalue weighted by Crippen LogP contribution is -2.36. The van der Waals surface area contributed by atoms with Crippen LogP contribution in [0.15, 0.2) is 46.2 Å². The molecule has 0 aliphatic carbocycles. The summed E-state index contributed by atoms with van der Waals surface area (Å²) in [6.45, 7) is 2.36. The molecule has 0 spiro atoms. The minimum absolute atomic E-state index is 0.147. The fourth-order valence-corrected chi connectivity index (χ4v) is 4.40. The first-order chi connectivity index (χ1) is 11.3. The number of rotatable bonds is 2. The quantitative estimate of drug-likeness (QED) is 0.793. The average molecular weight is 382 g/mol. The number of benzene rings is 2. The average Bonchev–Trinajstić information content (AvgIpc) is 2.53. The predicted molar refractivity (Wildman–Crippen MR) is 98.1 cm³/mol. The van der Waals surface area contributed by atoms with Crippen molar-refractivity contribution < 1.29 is 13.2 Å². The minimum Gasteiger partial charge on any atom is -0.306 e. The lowest BCUT2D eigenvalue weighted by molar-refractivity contribution is 0.0987. The van der Waals surface area contributed by atoms with Gasteiger partial charge in [0.25, 0.3) is 5.91 Å². The Kier molecular flexibility index (Phi) is 4.64. The third-order valence-corrected chi connectivity index (χ3v) is 6.29. The summed E-state index contributed by atoms with van der Waals surface area (Å²) in [4.78, 5) is 15.9. The number of hydrogen-bond donors (Lipinski definition) is 0. The van der Waals surface area contributed by atoms with E-state index in [0.717, 1.165) is 28.2 Å². The number of thioether (sulfide) groups is 1. The van der Waals surface area contributed by atoms with Gasteiger partial charge in [-0.25, -0.2) is 8.42 Å². The van der Waals surface area contributed by atoms with E-state index in [-0.39, 0.29) is 10.8 Å². The molecule has 7 heteroatoms.